The maximum absolute atomic E-state index is 9.59. The fourth-order valence-corrected chi connectivity index (χ4v) is 1.61. The lowest BCUT2D eigenvalue weighted by Gasteiger charge is -2.14. The van der Waals surface area contributed by atoms with Gasteiger partial charge in [-0.3, -0.25) is 0 Å². The van der Waals surface area contributed by atoms with Crippen LogP contribution in [0.15, 0.2) is 22.7 Å². The summed E-state index contributed by atoms with van der Waals surface area (Å²) < 4.78 is 0.685. The number of nitrogens with zero attached hydrogens (tertiary/aromatic N) is 1. The Morgan fingerprint density at radius 1 is 1.43 bits per heavy atom. The van der Waals surface area contributed by atoms with Crippen LogP contribution in [0.1, 0.15) is 17.2 Å². The van der Waals surface area contributed by atoms with E-state index < -0.39 is 12.2 Å². The lowest BCUT2D eigenvalue weighted by atomic mass is 10.0. The Labute approximate surface area is 90.7 Å². The molecule has 2 unspecified atom stereocenters. The van der Waals surface area contributed by atoms with E-state index in [4.69, 9.17) is 10.4 Å². The van der Waals surface area contributed by atoms with Crippen molar-refractivity contribution in [1.29, 1.82) is 5.26 Å². The molecule has 0 aliphatic heterocycles. The van der Waals surface area contributed by atoms with E-state index in [1.165, 1.54) is 0 Å². The normalized spacial score (nSPS) is 14.5. The second-order valence-corrected chi connectivity index (χ2v) is 3.90. The Morgan fingerprint density at radius 3 is 2.64 bits per heavy atom. The molecule has 3 nitrogen and oxygen atoms in total. The van der Waals surface area contributed by atoms with Gasteiger partial charge in [0, 0.05) is 4.47 Å². The van der Waals surface area contributed by atoms with Crippen LogP contribution in [0.25, 0.3) is 0 Å². The Hall–Kier alpha value is -0.890. The molecule has 0 saturated heterocycles. The van der Waals surface area contributed by atoms with Gasteiger partial charge in [-0.2, -0.15) is 5.26 Å². The minimum Gasteiger partial charge on any atom is -0.385 e. The Kier molecular flexibility index (Phi) is 3.64. The zero-order valence-corrected chi connectivity index (χ0v) is 9.19. The predicted octanol–water partition coefficient (Wildman–Crippen LogP) is 1.68. The van der Waals surface area contributed by atoms with E-state index in [0.29, 0.717) is 10.0 Å². The molecular weight excluding hydrogens is 246 g/mol. The topological polar surface area (TPSA) is 64.2 Å². The Morgan fingerprint density at radius 2 is 2.07 bits per heavy atom. The van der Waals surface area contributed by atoms with Gasteiger partial charge in [0.25, 0.3) is 0 Å². The molecular formula is C10H10BrNO2. The molecule has 14 heavy (non-hydrogen) atoms. The largest absolute Gasteiger partial charge is 0.385 e. The summed E-state index contributed by atoms with van der Waals surface area (Å²) in [7, 11) is 0. The summed E-state index contributed by atoms with van der Waals surface area (Å²) in [5, 5.41) is 27.2. The highest BCUT2D eigenvalue weighted by Crippen LogP contribution is 2.26. The molecule has 1 rings (SSSR count). The summed E-state index contributed by atoms with van der Waals surface area (Å²) >= 11 is 3.25. The fourth-order valence-electron chi connectivity index (χ4n) is 1.13. The molecule has 0 aromatic heterocycles. The third-order valence-electron chi connectivity index (χ3n) is 1.90. The van der Waals surface area contributed by atoms with Crippen molar-refractivity contribution >= 4 is 15.9 Å². The van der Waals surface area contributed by atoms with Crippen LogP contribution in [0.5, 0.6) is 0 Å². The van der Waals surface area contributed by atoms with E-state index in [1.54, 1.807) is 18.2 Å². The molecule has 0 aliphatic rings. The zero-order valence-electron chi connectivity index (χ0n) is 7.61. The molecule has 0 aliphatic carbocycles. The standard InChI is InChI=1S/C10H10BrNO2/c1-6-2-3-8(11)7(4-6)10(14)9(13)5-12/h2-4,9-10,13-14H,1H3. The lowest BCUT2D eigenvalue weighted by Crippen LogP contribution is -2.16. The van der Waals surface area contributed by atoms with Crippen molar-refractivity contribution in [3.63, 3.8) is 0 Å². The van der Waals surface area contributed by atoms with Crippen molar-refractivity contribution in [2.75, 3.05) is 0 Å². The number of hydrogen-bond donors (Lipinski definition) is 2. The number of hydrogen-bond acceptors (Lipinski definition) is 3. The van der Waals surface area contributed by atoms with E-state index in [1.807, 2.05) is 13.0 Å². The van der Waals surface area contributed by atoms with E-state index in [-0.39, 0.29) is 0 Å². The van der Waals surface area contributed by atoms with Crippen LogP contribution in [0.3, 0.4) is 0 Å². The smallest absolute Gasteiger partial charge is 0.170 e. The fraction of sp³-hybridized carbons (Fsp3) is 0.300. The highest BCUT2D eigenvalue weighted by atomic mass is 79.9. The van der Waals surface area contributed by atoms with Crippen LogP contribution < -0.4 is 0 Å². The van der Waals surface area contributed by atoms with Crippen molar-refractivity contribution in [1.82, 2.24) is 0 Å². The van der Waals surface area contributed by atoms with Crippen molar-refractivity contribution in [3.05, 3.63) is 33.8 Å². The zero-order chi connectivity index (χ0) is 10.7. The third-order valence-corrected chi connectivity index (χ3v) is 2.62. The van der Waals surface area contributed by atoms with Crippen LogP contribution in [0.4, 0.5) is 0 Å². The minimum atomic E-state index is -1.40. The molecule has 0 heterocycles. The molecule has 0 radical (unpaired) electrons. The van der Waals surface area contributed by atoms with Gasteiger partial charge in [-0.1, -0.05) is 33.6 Å². The van der Waals surface area contributed by atoms with Crippen molar-refractivity contribution in [2.24, 2.45) is 0 Å². The van der Waals surface area contributed by atoms with E-state index in [9.17, 15) is 5.11 Å². The summed E-state index contributed by atoms with van der Waals surface area (Å²) in [5.74, 6) is 0. The summed E-state index contributed by atoms with van der Waals surface area (Å²) in [6.07, 6.45) is -2.57. The van der Waals surface area contributed by atoms with Crippen molar-refractivity contribution in [2.45, 2.75) is 19.1 Å². The highest BCUT2D eigenvalue weighted by Gasteiger charge is 2.19. The van der Waals surface area contributed by atoms with Crippen LogP contribution in [0.2, 0.25) is 0 Å². The maximum atomic E-state index is 9.59. The number of aliphatic hydroxyl groups excluding tert-OH is 2. The molecule has 0 saturated carbocycles. The van der Waals surface area contributed by atoms with E-state index in [2.05, 4.69) is 15.9 Å². The van der Waals surface area contributed by atoms with Gasteiger partial charge >= 0.3 is 0 Å². The molecule has 4 heteroatoms. The lowest BCUT2D eigenvalue weighted by molar-refractivity contribution is 0.0523. The second kappa shape index (κ2) is 4.56. The first kappa shape index (κ1) is 11.2. The van der Waals surface area contributed by atoms with E-state index >= 15 is 0 Å². The molecule has 0 fully saturated rings. The van der Waals surface area contributed by atoms with Gasteiger partial charge in [-0.05, 0) is 18.6 Å². The average Bonchev–Trinajstić information content (AvgIpc) is 2.19. The molecule has 2 N–H and O–H groups in total. The molecule has 74 valence electrons. The first-order chi connectivity index (χ1) is 6.56. The van der Waals surface area contributed by atoms with Gasteiger partial charge in [0.15, 0.2) is 6.10 Å². The number of halogens is 1. The van der Waals surface area contributed by atoms with E-state index in [0.717, 1.165) is 5.56 Å². The maximum Gasteiger partial charge on any atom is 0.170 e. The first-order valence-electron chi connectivity index (χ1n) is 4.08. The quantitative estimate of drug-likeness (QED) is 0.791. The van der Waals surface area contributed by atoms with Gasteiger partial charge in [0.05, 0.1) is 6.07 Å². The molecule has 0 bridgehead atoms. The van der Waals surface area contributed by atoms with Crippen LogP contribution in [-0.4, -0.2) is 16.3 Å². The molecule has 0 spiro atoms. The van der Waals surface area contributed by atoms with Gasteiger partial charge < -0.3 is 10.2 Å². The van der Waals surface area contributed by atoms with Gasteiger partial charge in [0.2, 0.25) is 0 Å². The molecule has 1 aromatic rings. The van der Waals surface area contributed by atoms with Crippen LogP contribution in [-0.2, 0) is 0 Å². The monoisotopic (exact) mass is 255 g/mol. The van der Waals surface area contributed by atoms with Gasteiger partial charge in [0.1, 0.15) is 6.10 Å². The predicted molar refractivity (Wildman–Crippen MR) is 55.5 cm³/mol. The highest BCUT2D eigenvalue weighted by molar-refractivity contribution is 9.10. The van der Waals surface area contributed by atoms with Gasteiger partial charge in [-0.15, -0.1) is 0 Å². The SMILES string of the molecule is Cc1ccc(Br)c(C(O)C(O)C#N)c1. The number of rotatable bonds is 2. The van der Waals surface area contributed by atoms with Crippen molar-refractivity contribution in [3.8, 4) is 6.07 Å². The summed E-state index contributed by atoms with van der Waals surface area (Å²) in [5.41, 5.74) is 1.49. The number of aliphatic hydroxyl groups is 2. The van der Waals surface area contributed by atoms with Gasteiger partial charge in [-0.25, -0.2) is 0 Å². The number of benzene rings is 1. The van der Waals surface area contributed by atoms with Crippen LogP contribution in [0, 0.1) is 18.3 Å². The molecule has 2 atom stereocenters. The summed E-state index contributed by atoms with van der Waals surface area (Å²) in [4.78, 5) is 0. The Balaban J connectivity index is 3.07. The summed E-state index contributed by atoms with van der Waals surface area (Å²) in [6, 6.07) is 6.98. The molecule has 1 aromatic carbocycles. The van der Waals surface area contributed by atoms with Crippen molar-refractivity contribution < 1.29 is 10.2 Å². The molecule has 0 amide bonds. The summed E-state index contributed by atoms with van der Waals surface area (Å²) in [6.45, 7) is 1.88. The van der Waals surface area contributed by atoms with Crippen LogP contribution >= 0.6 is 15.9 Å². The Bertz CT molecular complexity index is 373. The first-order valence-corrected chi connectivity index (χ1v) is 4.87. The minimum absolute atomic E-state index is 0.527. The second-order valence-electron chi connectivity index (χ2n) is 3.04. The number of nitriles is 1. The average molecular weight is 256 g/mol. The third kappa shape index (κ3) is 2.32. The number of aryl methyl sites for hydroxylation is 1.